The fourth-order valence-electron chi connectivity index (χ4n) is 4.07. The smallest absolute Gasteiger partial charge is 0.231 e. The summed E-state index contributed by atoms with van der Waals surface area (Å²) in [7, 11) is 1.47. The van der Waals surface area contributed by atoms with Gasteiger partial charge in [0.25, 0.3) is 0 Å². The second-order valence-electron chi connectivity index (χ2n) is 6.84. The first-order valence-electron chi connectivity index (χ1n) is 8.70. The zero-order valence-corrected chi connectivity index (χ0v) is 14.7. The van der Waals surface area contributed by atoms with Gasteiger partial charge in [0.1, 0.15) is 12.4 Å². The highest BCUT2D eigenvalue weighted by Gasteiger charge is 2.57. The molecule has 0 saturated heterocycles. The number of benzene rings is 2. The van der Waals surface area contributed by atoms with Crippen LogP contribution in [0.1, 0.15) is 15.9 Å². The number of ether oxygens (including phenoxy) is 5. The molecule has 4 heterocycles. The molecule has 0 saturated carbocycles. The molecule has 0 radical (unpaired) electrons. The summed E-state index contributed by atoms with van der Waals surface area (Å²) in [5.41, 5.74) is -0.950. The lowest BCUT2D eigenvalue weighted by atomic mass is 9.77. The average molecular weight is 382 g/mol. The highest BCUT2D eigenvalue weighted by atomic mass is 16.7. The highest BCUT2D eigenvalue weighted by Crippen LogP contribution is 2.52. The van der Waals surface area contributed by atoms with Crippen molar-refractivity contribution < 1.29 is 38.0 Å². The minimum Gasteiger partial charge on any atom is -0.490 e. The van der Waals surface area contributed by atoms with Crippen molar-refractivity contribution >= 4 is 16.8 Å². The second kappa shape index (κ2) is 5.11. The molecule has 1 aromatic heterocycles. The van der Waals surface area contributed by atoms with Crippen molar-refractivity contribution in [2.45, 2.75) is 11.7 Å². The van der Waals surface area contributed by atoms with E-state index in [1.165, 1.54) is 13.4 Å². The lowest BCUT2D eigenvalue weighted by molar-refractivity contribution is -0.0805. The third-order valence-corrected chi connectivity index (χ3v) is 5.45. The van der Waals surface area contributed by atoms with Gasteiger partial charge in [0.2, 0.25) is 18.3 Å². The summed E-state index contributed by atoms with van der Waals surface area (Å²) in [5, 5.41) is 12.2. The van der Waals surface area contributed by atoms with Crippen molar-refractivity contribution in [3.05, 3.63) is 41.7 Å². The molecule has 2 aromatic carbocycles. The van der Waals surface area contributed by atoms with E-state index in [0.717, 1.165) is 0 Å². The molecule has 1 N–H and O–H groups in total. The predicted octanol–water partition coefficient (Wildman–Crippen LogP) is 2.39. The van der Waals surface area contributed by atoms with Gasteiger partial charge in [-0.25, -0.2) is 0 Å². The SMILES string of the molecule is COc1c2c(cc3ccoc13)C(=O)C1(O)c3cc4c(cc3OCC1O2)OCO4. The first-order valence-corrected chi connectivity index (χ1v) is 8.70. The Morgan fingerprint density at radius 3 is 2.79 bits per heavy atom. The van der Waals surface area contributed by atoms with Crippen LogP contribution in [-0.2, 0) is 5.60 Å². The molecule has 6 rings (SSSR count). The summed E-state index contributed by atoms with van der Waals surface area (Å²) in [4.78, 5) is 13.5. The van der Waals surface area contributed by atoms with Crippen molar-refractivity contribution in [2.24, 2.45) is 0 Å². The van der Waals surface area contributed by atoms with Crippen LogP contribution in [0.3, 0.4) is 0 Å². The topological polar surface area (TPSA) is 96.6 Å². The third-order valence-electron chi connectivity index (χ3n) is 5.45. The number of ketones is 1. The molecule has 0 fully saturated rings. The van der Waals surface area contributed by atoms with Gasteiger partial charge in [-0.3, -0.25) is 4.79 Å². The summed E-state index contributed by atoms with van der Waals surface area (Å²) < 4.78 is 33.5. The minimum absolute atomic E-state index is 0.0202. The largest absolute Gasteiger partial charge is 0.490 e. The van der Waals surface area contributed by atoms with Crippen molar-refractivity contribution in [3.63, 3.8) is 0 Å². The van der Waals surface area contributed by atoms with E-state index in [9.17, 15) is 9.90 Å². The average Bonchev–Trinajstić information content (AvgIpc) is 3.35. The molecule has 0 bridgehead atoms. The van der Waals surface area contributed by atoms with Crippen LogP contribution in [0.5, 0.6) is 28.7 Å². The number of hydrogen-bond acceptors (Lipinski definition) is 8. The first-order chi connectivity index (χ1) is 13.6. The Morgan fingerprint density at radius 2 is 1.96 bits per heavy atom. The summed E-state index contributed by atoms with van der Waals surface area (Å²) in [6.45, 7) is 0.0523. The maximum Gasteiger partial charge on any atom is 0.231 e. The van der Waals surface area contributed by atoms with Crippen molar-refractivity contribution in [2.75, 3.05) is 20.5 Å². The molecule has 142 valence electrons. The lowest BCUT2D eigenvalue weighted by Gasteiger charge is -2.43. The maximum atomic E-state index is 13.5. The van der Waals surface area contributed by atoms with Gasteiger partial charge in [-0.15, -0.1) is 0 Å². The number of Topliss-reactive ketones (excluding diaryl/α,β-unsaturated/α-hetero) is 1. The third kappa shape index (κ3) is 1.75. The molecule has 0 amide bonds. The van der Waals surface area contributed by atoms with E-state index in [-0.39, 0.29) is 30.3 Å². The van der Waals surface area contributed by atoms with E-state index in [4.69, 9.17) is 28.1 Å². The number of carbonyl (C=O) groups excluding carboxylic acids is 1. The van der Waals surface area contributed by atoms with Crippen LogP contribution in [0.4, 0.5) is 0 Å². The van der Waals surface area contributed by atoms with Gasteiger partial charge in [0.05, 0.1) is 18.9 Å². The Morgan fingerprint density at radius 1 is 1.14 bits per heavy atom. The van der Waals surface area contributed by atoms with Gasteiger partial charge in [-0.1, -0.05) is 0 Å². The first kappa shape index (κ1) is 15.6. The summed E-state index contributed by atoms with van der Waals surface area (Å²) >= 11 is 0. The molecule has 8 heteroatoms. The van der Waals surface area contributed by atoms with E-state index in [0.29, 0.717) is 34.0 Å². The molecule has 2 atom stereocenters. The zero-order valence-electron chi connectivity index (χ0n) is 14.7. The highest BCUT2D eigenvalue weighted by molar-refractivity contribution is 6.10. The van der Waals surface area contributed by atoms with Crippen LogP contribution >= 0.6 is 0 Å². The molecule has 2 unspecified atom stereocenters. The minimum atomic E-state index is -1.93. The Kier molecular flexibility index (Phi) is 2.85. The Hall–Kier alpha value is -3.39. The number of methoxy groups -OCH3 is 1. The number of fused-ring (bicyclic) bond motifs is 6. The second-order valence-corrected chi connectivity index (χ2v) is 6.84. The molecule has 3 aliphatic rings. The fraction of sp³-hybridized carbons (Fsp3) is 0.250. The molecular formula is C20H14O8. The van der Waals surface area contributed by atoms with E-state index in [1.807, 2.05) is 0 Å². The summed E-state index contributed by atoms with van der Waals surface area (Å²) in [6.07, 6.45) is 0.547. The Bertz CT molecular complexity index is 1160. The number of rotatable bonds is 1. The molecule has 0 spiro atoms. The van der Waals surface area contributed by atoms with Crippen molar-refractivity contribution in [1.82, 2.24) is 0 Å². The lowest BCUT2D eigenvalue weighted by Crippen LogP contribution is -2.57. The maximum absolute atomic E-state index is 13.5. The molecule has 0 aliphatic carbocycles. The van der Waals surface area contributed by atoms with Crippen LogP contribution in [0, 0.1) is 0 Å². The Labute approximate surface area is 158 Å². The van der Waals surface area contributed by atoms with E-state index >= 15 is 0 Å². The van der Waals surface area contributed by atoms with Crippen LogP contribution in [0.2, 0.25) is 0 Å². The molecule has 8 nitrogen and oxygen atoms in total. The van der Waals surface area contributed by atoms with Gasteiger partial charge in [0.15, 0.2) is 34.5 Å². The monoisotopic (exact) mass is 382 g/mol. The number of furan rings is 1. The van der Waals surface area contributed by atoms with E-state index in [1.54, 1.807) is 24.3 Å². The zero-order chi connectivity index (χ0) is 19.0. The van der Waals surface area contributed by atoms with Crippen molar-refractivity contribution in [3.8, 4) is 28.7 Å². The van der Waals surface area contributed by atoms with E-state index in [2.05, 4.69) is 0 Å². The van der Waals surface area contributed by atoms with Crippen LogP contribution in [0.25, 0.3) is 11.0 Å². The molecular weight excluding hydrogens is 368 g/mol. The van der Waals surface area contributed by atoms with Gasteiger partial charge in [-0.05, 0) is 18.2 Å². The van der Waals surface area contributed by atoms with Gasteiger partial charge >= 0.3 is 0 Å². The van der Waals surface area contributed by atoms with Crippen LogP contribution < -0.4 is 23.7 Å². The normalized spacial score (nSPS) is 24.1. The van der Waals surface area contributed by atoms with Crippen molar-refractivity contribution in [1.29, 1.82) is 0 Å². The Balaban J connectivity index is 1.59. The number of carbonyl (C=O) groups is 1. The molecule has 3 aliphatic heterocycles. The number of hydrogen-bond donors (Lipinski definition) is 1. The molecule has 3 aromatic rings. The van der Waals surface area contributed by atoms with Gasteiger partial charge in [-0.2, -0.15) is 0 Å². The fourth-order valence-corrected chi connectivity index (χ4v) is 4.07. The quantitative estimate of drug-likeness (QED) is 0.685. The summed E-state index contributed by atoms with van der Waals surface area (Å²) in [6, 6.07) is 6.55. The predicted molar refractivity (Wildman–Crippen MR) is 93.5 cm³/mol. The van der Waals surface area contributed by atoms with Crippen LogP contribution in [-0.4, -0.2) is 37.5 Å². The van der Waals surface area contributed by atoms with Gasteiger partial charge < -0.3 is 33.2 Å². The molecule has 28 heavy (non-hydrogen) atoms. The van der Waals surface area contributed by atoms with Gasteiger partial charge in [0, 0.05) is 17.0 Å². The number of aliphatic hydroxyl groups is 1. The standard InChI is InChI=1S/C20H14O8/c1-23-18-16-9(2-3-24-16)4-10-17(18)28-15-7-25-12-6-14-13(26-8-27-14)5-11(12)20(15,22)19(10)21/h2-6,15,22H,7-8H2,1H3. The summed E-state index contributed by atoms with van der Waals surface area (Å²) in [5.74, 6) is 1.36. The van der Waals surface area contributed by atoms with Crippen LogP contribution in [0.15, 0.2) is 34.9 Å². The van der Waals surface area contributed by atoms with E-state index < -0.39 is 17.5 Å².